The molecule has 178 valence electrons. The Bertz CT molecular complexity index is 1210. The van der Waals surface area contributed by atoms with E-state index in [0.29, 0.717) is 23.0 Å². The molecule has 2 aromatic heterocycles. The first kappa shape index (κ1) is 23.8. The number of methoxy groups -OCH3 is 1. The molecule has 34 heavy (non-hydrogen) atoms. The van der Waals surface area contributed by atoms with Gasteiger partial charge in [-0.25, -0.2) is 0 Å². The van der Waals surface area contributed by atoms with E-state index in [4.69, 9.17) is 17.0 Å². The van der Waals surface area contributed by atoms with Crippen molar-refractivity contribution in [3.63, 3.8) is 0 Å². The molecule has 1 aliphatic heterocycles. The molecule has 8 heteroatoms. The molecule has 7 nitrogen and oxygen atoms in total. The molecular formula is C26H31N5O2S. The summed E-state index contributed by atoms with van der Waals surface area (Å²) < 4.78 is 7.94. The Morgan fingerprint density at radius 3 is 2.62 bits per heavy atom. The van der Waals surface area contributed by atoms with Crippen molar-refractivity contribution in [2.75, 3.05) is 17.3 Å². The van der Waals surface area contributed by atoms with Crippen molar-refractivity contribution in [3.05, 3.63) is 71.3 Å². The highest BCUT2D eigenvalue weighted by molar-refractivity contribution is 7.80. The molecule has 1 amide bonds. The van der Waals surface area contributed by atoms with E-state index < -0.39 is 0 Å². The number of rotatable bonds is 7. The summed E-state index contributed by atoms with van der Waals surface area (Å²) in [4.78, 5) is 18.7. The number of aryl methyl sites for hydroxylation is 1. The number of aromatic nitrogens is 2. The lowest BCUT2D eigenvalue weighted by atomic mass is 9.96. The smallest absolute Gasteiger partial charge is 0.224 e. The minimum atomic E-state index is -0.120. The zero-order valence-electron chi connectivity index (χ0n) is 20.3. The molecule has 0 radical (unpaired) electrons. The van der Waals surface area contributed by atoms with Crippen LogP contribution in [0.1, 0.15) is 55.0 Å². The number of hydrogen-bond donors (Lipinski definition) is 2. The van der Waals surface area contributed by atoms with Crippen molar-refractivity contribution in [3.8, 4) is 5.75 Å². The minimum absolute atomic E-state index is 0.0653. The maximum atomic E-state index is 12.0. The molecule has 1 saturated heterocycles. The SMILES string of the molecule is CCC(=O)Nc1ccc(N2C(=S)N[C@@H](c3ccccn3)[C@H]2c2cc(C)n(CC)c2C)cc1OC. The lowest BCUT2D eigenvalue weighted by molar-refractivity contribution is -0.115. The van der Waals surface area contributed by atoms with E-state index in [9.17, 15) is 4.79 Å². The average molecular weight is 478 g/mol. The number of hydrogen-bond acceptors (Lipinski definition) is 4. The largest absolute Gasteiger partial charge is 0.494 e. The fourth-order valence-corrected chi connectivity index (χ4v) is 5.08. The summed E-state index contributed by atoms with van der Waals surface area (Å²) in [6.07, 6.45) is 2.20. The number of amides is 1. The Balaban J connectivity index is 1.83. The van der Waals surface area contributed by atoms with E-state index in [1.807, 2.05) is 49.5 Å². The van der Waals surface area contributed by atoms with Gasteiger partial charge in [-0.1, -0.05) is 13.0 Å². The number of benzene rings is 1. The first-order valence-corrected chi connectivity index (χ1v) is 12.0. The predicted octanol–water partition coefficient (Wildman–Crippen LogP) is 5.05. The van der Waals surface area contributed by atoms with Crippen molar-refractivity contribution < 1.29 is 9.53 Å². The summed E-state index contributed by atoms with van der Waals surface area (Å²) >= 11 is 5.86. The normalized spacial score (nSPS) is 17.6. The van der Waals surface area contributed by atoms with Gasteiger partial charge >= 0.3 is 0 Å². The monoisotopic (exact) mass is 477 g/mol. The van der Waals surface area contributed by atoms with Gasteiger partial charge in [0.25, 0.3) is 0 Å². The fraction of sp³-hybridized carbons (Fsp3) is 0.346. The first-order chi connectivity index (χ1) is 16.4. The number of nitrogens with zero attached hydrogens (tertiary/aromatic N) is 3. The maximum absolute atomic E-state index is 12.0. The number of carbonyl (C=O) groups is 1. The van der Waals surface area contributed by atoms with Crippen LogP contribution in [0.15, 0.2) is 48.7 Å². The van der Waals surface area contributed by atoms with Gasteiger partial charge in [0.05, 0.1) is 30.6 Å². The van der Waals surface area contributed by atoms with E-state index in [1.165, 1.54) is 17.0 Å². The van der Waals surface area contributed by atoms with E-state index in [-0.39, 0.29) is 18.0 Å². The quantitative estimate of drug-likeness (QED) is 0.464. The van der Waals surface area contributed by atoms with E-state index in [2.05, 4.69) is 51.9 Å². The minimum Gasteiger partial charge on any atom is -0.494 e. The highest BCUT2D eigenvalue weighted by atomic mass is 32.1. The molecule has 2 N–H and O–H groups in total. The van der Waals surface area contributed by atoms with Crippen LogP contribution < -0.4 is 20.3 Å². The van der Waals surface area contributed by atoms with Gasteiger partial charge in [0.2, 0.25) is 5.91 Å². The fourth-order valence-electron chi connectivity index (χ4n) is 4.73. The summed E-state index contributed by atoms with van der Waals surface area (Å²) in [5.74, 6) is 0.519. The summed E-state index contributed by atoms with van der Waals surface area (Å²) in [6.45, 7) is 9.17. The molecule has 1 aromatic carbocycles. The van der Waals surface area contributed by atoms with Gasteiger partial charge in [0.1, 0.15) is 5.75 Å². The lowest BCUT2D eigenvalue weighted by Gasteiger charge is -2.28. The van der Waals surface area contributed by atoms with Crippen LogP contribution in [-0.2, 0) is 11.3 Å². The molecule has 0 saturated carbocycles. The number of pyridine rings is 1. The second-order valence-electron chi connectivity index (χ2n) is 8.35. The van der Waals surface area contributed by atoms with E-state index >= 15 is 0 Å². The third-order valence-electron chi connectivity index (χ3n) is 6.40. The van der Waals surface area contributed by atoms with Crippen LogP contribution in [-0.4, -0.2) is 27.7 Å². The van der Waals surface area contributed by atoms with Crippen molar-refractivity contribution in [2.45, 2.75) is 52.7 Å². The van der Waals surface area contributed by atoms with Gasteiger partial charge in [-0.15, -0.1) is 0 Å². The maximum Gasteiger partial charge on any atom is 0.224 e. The molecule has 1 aliphatic rings. The Labute approximate surface area is 206 Å². The molecule has 0 spiro atoms. The van der Waals surface area contributed by atoms with Crippen molar-refractivity contribution in [1.29, 1.82) is 0 Å². The molecule has 4 rings (SSSR count). The van der Waals surface area contributed by atoms with Crippen molar-refractivity contribution in [2.24, 2.45) is 0 Å². The third-order valence-corrected chi connectivity index (χ3v) is 6.72. The lowest BCUT2D eigenvalue weighted by Crippen LogP contribution is -2.29. The number of anilines is 2. The van der Waals surface area contributed by atoms with E-state index in [1.54, 1.807) is 7.11 Å². The summed E-state index contributed by atoms with van der Waals surface area (Å²) in [5.41, 5.74) is 6.07. The van der Waals surface area contributed by atoms with Gasteiger partial charge in [0.15, 0.2) is 5.11 Å². The van der Waals surface area contributed by atoms with Gasteiger partial charge in [-0.05, 0) is 68.9 Å². The zero-order chi connectivity index (χ0) is 24.4. The number of ether oxygens (including phenoxy) is 1. The number of thiocarbonyl (C=S) groups is 1. The van der Waals surface area contributed by atoms with Crippen LogP contribution in [0.3, 0.4) is 0 Å². The van der Waals surface area contributed by atoms with Gasteiger partial charge in [-0.3, -0.25) is 9.78 Å². The van der Waals surface area contributed by atoms with Crippen molar-refractivity contribution >= 4 is 34.6 Å². The van der Waals surface area contributed by atoms with Gasteiger partial charge < -0.3 is 24.8 Å². The third kappa shape index (κ3) is 4.25. The van der Waals surface area contributed by atoms with Crippen molar-refractivity contribution in [1.82, 2.24) is 14.9 Å². The second-order valence-corrected chi connectivity index (χ2v) is 8.74. The van der Waals surface area contributed by atoms with E-state index in [0.717, 1.165) is 17.9 Å². The van der Waals surface area contributed by atoms with Crippen LogP contribution in [0.2, 0.25) is 0 Å². The molecule has 1 fully saturated rings. The molecule has 3 aromatic rings. The second kappa shape index (κ2) is 9.85. The standard InChI is InChI=1S/C26H31N5O2S/c1-6-23(32)28-20-12-11-18(15-22(20)33-5)31-25(19-14-16(3)30(7-2)17(19)4)24(29-26(31)34)21-10-8-9-13-27-21/h8-15,24-25H,6-7H2,1-5H3,(H,28,32)(H,29,34)/t24-,25+/m0/s1. The average Bonchev–Trinajstić information content (AvgIpc) is 3.34. The number of carbonyl (C=O) groups excluding carboxylic acids is 1. The Kier molecular flexibility index (Phi) is 6.88. The highest BCUT2D eigenvalue weighted by Gasteiger charge is 2.42. The molecule has 0 bridgehead atoms. The molecule has 0 unspecified atom stereocenters. The molecule has 3 heterocycles. The summed E-state index contributed by atoms with van der Waals surface area (Å²) in [7, 11) is 1.60. The van der Waals surface area contributed by atoms with Crippen LogP contribution in [0.5, 0.6) is 5.75 Å². The summed E-state index contributed by atoms with van der Waals surface area (Å²) in [5, 5.41) is 7.03. The Morgan fingerprint density at radius 1 is 1.21 bits per heavy atom. The Hall–Kier alpha value is -3.39. The molecule has 2 atom stereocenters. The van der Waals surface area contributed by atoms with Gasteiger partial charge in [-0.2, -0.15) is 0 Å². The zero-order valence-corrected chi connectivity index (χ0v) is 21.1. The van der Waals surface area contributed by atoms with Crippen LogP contribution in [0.25, 0.3) is 0 Å². The predicted molar refractivity (Wildman–Crippen MR) is 139 cm³/mol. The molecule has 0 aliphatic carbocycles. The Morgan fingerprint density at radius 2 is 2.00 bits per heavy atom. The molecular weight excluding hydrogens is 446 g/mol. The first-order valence-electron chi connectivity index (χ1n) is 11.5. The van der Waals surface area contributed by atoms with Crippen LogP contribution >= 0.6 is 12.2 Å². The van der Waals surface area contributed by atoms with Crippen LogP contribution in [0, 0.1) is 13.8 Å². The summed E-state index contributed by atoms with van der Waals surface area (Å²) in [6, 6.07) is 13.7. The topological polar surface area (TPSA) is 71.4 Å². The van der Waals surface area contributed by atoms with Crippen LogP contribution in [0.4, 0.5) is 11.4 Å². The highest BCUT2D eigenvalue weighted by Crippen LogP contribution is 2.44. The van der Waals surface area contributed by atoms with Gasteiger partial charge in [0, 0.05) is 42.3 Å². The number of nitrogens with one attached hydrogen (secondary N) is 2.